The van der Waals surface area contributed by atoms with Crippen molar-refractivity contribution in [2.75, 3.05) is 7.05 Å². The second-order valence-electron chi connectivity index (χ2n) is 3.41. The number of para-hydroxylation sites is 1. The number of rotatable bonds is 4. The molecule has 17 heavy (non-hydrogen) atoms. The molecule has 1 rings (SSSR count). The van der Waals surface area contributed by atoms with Gasteiger partial charge in [0.15, 0.2) is 0 Å². The van der Waals surface area contributed by atoms with E-state index in [1.807, 2.05) is 43.3 Å². The smallest absolute Gasteiger partial charge is 0.0882 e. The summed E-state index contributed by atoms with van der Waals surface area (Å²) in [5, 5.41) is 12.9. The summed E-state index contributed by atoms with van der Waals surface area (Å²) in [7, 11) is 1.79. The van der Waals surface area contributed by atoms with Gasteiger partial charge in [-0.25, -0.2) is 0 Å². The minimum atomic E-state index is 0. The van der Waals surface area contributed by atoms with Gasteiger partial charge in [-0.3, -0.25) is 0 Å². The van der Waals surface area contributed by atoms with E-state index in [4.69, 9.17) is 5.11 Å². The Balaban J connectivity index is 0. The Hall–Kier alpha value is -0.921. The number of aliphatic hydroxyl groups is 1. The molecule has 0 atom stereocenters. The van der Waals surface area contributed by atoms with E-state index >= 15 is 0 Å². The molecule has 0 aliphatic heterocycles. The zero-order valence-electron chi connectivity index (χ0n) is 10.9. The maximum atomic E-state index is 8.91. The van der Waals surface area contributed by atoms with Crippen molar-refractivity contribution in [3.05, 3.63) is 47.5 Å². The third kappa shape index (κ3) is 11.3. The number of hydrogen-bond acceptors (Lipinski definition) is 1. The number of hydrogen-bond donors (Lipinski definition) is 1. The molecule has 0 aliphatic carbocycles. The van der Waals surface area contributed by atoms with Crippen LogP contribution in [0.5, 0.6) is 0 Å². The van der Waals surface area contributed by atoms with Crippen LogP contribution in [0.4, 0.5) is 5.69 Å². The van der Waals surface area contributed by atoms with Crippen molar-refractivity contribution in [2.45, 2.75) is 33.1 Å². The summed E-state index contributed by atoms with van der Waals surface area (Å²) in [4.78, 5) is 0. The van der Waals surface area contributed by atoms with Gasteiger partial charge in [-0.15, -0.1) is 12.7 Å². The molecule has 0 unspecified atom stereocenters. The fourth-order valence-corrected chi connectivity index (χ4v) is 1.17. The quantitative estimate of drug-likeness (QED) is 0.611. The number of nitrogens with zero attached hydrogens (tertiary/aromatic N) is 1. The minimum absolute atomic E-state index is 0. The van der Waals surface area contributed by atoms with E-state index in [2.05, 4.69) is 12.2 Å². The summed E-state index contributed by atoms with van der Waals surface area (Å²) in [6.07, 6.45) is 4.64. The fraction of sp³-hybridized carbons (Fsp3) is 0.429. The molecule has 0 saturated carbocycles. The van der Waals surface area contributed by atoms with Crippen LogP contribution in [0.3, 0.4) is 0 Å². The average molecular weight is 275 g/mol. The van der Waals surface area contributed by atoms with Crippen LogP contribution < -0.4 is 0 Å². The molecular weight excluding hydrogens is 253 g/mol. The van der Waals surface area contributed by atoms with E-state index in [0.717, 1.165) is 24.9 Å². The molecular formula is C14H22MnNO-. The molecule has 0 bridgehead atoms. The van der Waals surface area contributed by atoms with Gasteiger partial charge in [0.05, 0.1) is 5.76 Å². The van der Waals surface area contributed by atoms with E-state index in [1.54, 1.807) is 7.05 Å². The number of benzene rings is 1. The molecule has 0 heterocycles. The Kier molecular flexibility index (Phi) is 14.3. The monoisotopic (exact) mass is 275 g/mol. The molecule has 1 radical (unpaired) electrons. The molecule has 0 saturated heterocycles. The van der Waals surface area contributed by atoms with E-state index in [9.17, 15) is 0 Å². The minimum Gasteiger partial charge on any atom is -0.687 e. The van der Waals surface area contributed by atoms with Gasteiger partial charge in [0.2, 0.25) is 0 Å². The van der Waals surface area contributed by atoms with Crippen LogP contribution >= 0.6 is 0 Å². The van der Waals surface area contributed by atoms with Gasteiger partial charge in [0.1, 0.15) is 0 Å². The fourth-order valence-electron chi connectivity index (χ4n) is 1.17. The predicted octanol–water partition coefficient (Wildman–Crippen LogP) is 4.96. The van der Waals surface area contributed by atoms with Crippen molar-refractivity contribution in [3.63, 3.8) is 0 Å². The van der Waals surface area contributed by atoms with Gasteiger partial charge in [-0.1, -0.05) is 44.2 Å². The second-order valence-corrected chi connectivity index (χ2v) is 3.41. The SMILES string of the molecule is CC/C=C(\O)CCC.C[N-]c1ccccc1.[Mn]. The zero-order chi connectivity index (χ0) is 12.2. The number of aliphatic hydroxyl groups excluding tert-OH is 1. The normalized spacial score (nSPS) is 9.71. The van der Waals surface area contributed by atoms with Crippen LogP contribution in [0.1, 0.15) is 33.1 Å². The first-order chi connectivity index (χ1) is 7.74. The van der Waals surface area contributed by atoms with Crippen molar-refractivity contribution in [1.29, 1.82) is 0 Å². The first kappa shape index (κ1) is 18.4. The predicted molar refractivity (Wildman–Crippen MR) is 71.3 cm³/mol. The van der Waals surface area contributed by atoms with E-state index in [0.29, 0.717) is 5.76 Å². The van der Waals surface area contributed by atoms with E-state index < -0.39 is 0 Å². The van der Waals surface area contributed by atoms with Gasteiger partial charge in [-0.05, 0) is 18.9 Å². The van der Waals surface area contributed by atoms with E-state index in [1.165, 1.54) is 0 Å². The van der Waals surface area contributed by atoms with Gasteiger partial charge in [0.25, 0.3) is 0 Å². The standard InChI is InChI=1S/C7H8N.C7H14O.Mn/c1-8-7-5-3-2-4-6-7;1-3-5-7(8)6-4-2;/h2-6H,1H3;5,8H,3-4,6H2,1-2H3;/q-1;;/b;7-5-;. The molecule has 1 N–H and O–H groups in total. The Morgan fingerprint density at radius 1 is 1.24 bits per heavy atom. The van der Waals surface area contributed by atoms with Crippen LogP contribution in [-0.4, -0.2) is 12.2 Å². The van der Waals surface area contributed by atoms with Gasteiger partial charge < -0.3 is 10.4 Å². The van der Waals surface area contributed by atoms with Gasteiger partial charge in [0, 0.05) is 23.5 Å². The van der Waals surface area contributed by atoms with Crippen LogP contribution in [0.25, 0.3) is 5.32 Å². The molecule has 0 aromatic heterocycles. The third-order valence-electron chi connectivity index (χ3n) is 1.96. The summed E-state index contributed by atoms with van der Waals surface area (Å²) in [5.41, 5.74) is 1.03. The van der Waals surface area contributed by atoms with Crippen molar-refractivity contribution in [1.82, 2.24) is 0 Å². The van der Waals surface area contributed by atoms with Crippen molar-refractivity contribution < 1.29 is 22.2 Å². The van der Waals surface area contributed by atoms with Crippen LogP contribution in [-0.2, 0) is 17.1 Å². The molecule has 0 fully saturated rings. The van der Waals surface area contributed by atoms with Crippen molar-refractivity contribution in [3.8, 4) is 0 Å². The molecule has 0 spiro atoms. The average Bonchev–Trinajstić information content (AvgIpc) is 2.32. The zero-order valence-corrected chi connectivity index (χ0v) is 12.0. The summed E-state index contributed by atoms with van der Waals surface area (Å²) in [6.45, 7) is 4.07. The van der Waals surface area contributed by atoms with Crippen LogP contribution in [0.2, 0.25) is 0 Å². The maximum Gasteiger partial charge on any atom is 0.0882 e. The molecule has 0 aliphatic rings. The van der Waals surface area contributed by atoms with Crippen molar-refractivity contribution >= 4 is 5.69 Å². The first-order valence-electron chi connectivity index (χ1n) is 5.77. The Morgan fingerprint density at radius 3 is 2.18 bits per heavy atom. The largest absolute Gasteiger partial charge is 0.687 e. The Bertz CT molecular complexity index is 286. The number of allylic oxidation sites excluding steroid dienone is 2. The Labute approximate surface area is 116 Å². The van der Waals surface area contributed by atoms with E-state index in [-0.39, 0.29) is 17.1 Å². The summed E-state index contributed by atoms with van der Waals surface area (Å²) < 4.78 is 0. The summed E-state index contributed by atoms with van der Waals surface area (Å²) in [5.74, 6) is 0.537. The first-order valence-corrected chi connectivity index (χ1v) is 5.77. The molecule has 2 nitrogen and oxygen atoms in total. The molecule has 0 amide bonds. The summed E-state index contributed by atoms with van der Waals surface area (Å²) in [6, 6.07) is 9.87. The molecule has 1 aromatic rings. The maximum absolute atomic E-state index is 8.91. The molecule has 3 heteroatoms. The van der Waals surface area contributed by atoms with Crippen LogP contribution in [0.15, 0.2) is 42.2 Å². The summed E-state index contributed by atoms with van der Waals surface area (Å²) >= 11 is 0. The Morgan fingerprint density at radius 2 is 1.82 bits per heavy atom. The van der Waals surface area contributed by atoms with Gasteiger partial charge in [-0.2, -0.15) is 0 Å². The molecule has 1 aromatic carbocycles. The van der Waals surface area contributed by atoms with Crippen molar-refractivity contribution in [2.24, 2.45) is 0 Å². The topological polar surface area (TPSA) is 34.3 Å². The third-order valence-corrected chi connectivity index (χ3v) is 1.96. The van der Waals surface area contributed by atoms with Gasteiger partial charge >= 0.3 is 0 Å². The molecule has 97 valence electrons. The second kappa shape index (κ2) is 13.1. The van der Waals surface area contributed by atoms with Crippen LogP contribution in [0, 0.1) is 0 Å².